The van der Waals surface area contributed by atoms with Gasteiger partial charge >= 0.3 is 154 Å². The van der Waals surface area contributed by atoms with Gasteiger partial charge in [-0.15, -0.1) is 0 Å². The molecule has 0 bridgehead atoms. The van der Waals surface area contributed by atoms with Crippen molar-refractivity contribution in [2.75, 3.05) is 7.11 Å². The third-order valence-electron chi connectivity index (χ3n) is 2.52. The van der Waals surface area contributed by atoms with Gasteiger partial charge in [-0.3, -0.25) is 0 Å². The first kappa shape index (κ1) is 18.2. The van der Waals surface area contributed by atoms with Crippen LogP contribution >= 0.6 is 27.5 Å². The van der Waals surface area contributed by atoms with Gasteiger partial charge in [-0.05, 0) is 0 Å². The second kappa shape index (κ2) is 7.60. The number of aromatic nitrogens is 3. The van der Waals surface area contributed by atoms with Gasteiger partial charge in [0, 0.05) is 0 Å². The molecule has 0 aliphatic rings. The van der Waals surface area contributed by atoms with Crippen molar-refractivity contribution in [2.45, 2.75) is 18.2 Å². The fourth-order valence-corrected chi connectivity index (χ4v) is 3.46. The molecule has 1 aromatic carbocycles. The Labute approximate surface area is 153 Å². The van der Waals surface area contributed by atoms with Crippen LogP contribution in [0.4, 0.5) is 0 Å². The fraction of sp³-hybridized carbons (Fsp3) is 0.286. The molecule has 2 rings (SSSR count). The standard InChI is InChI=1S/C14H13AsBrClN3O3/c1-14(2,16)10(21)23-9-6-4-8(5-7-9)15-11-18-12(17)20-13(19-11)22-3/h4-7H,1-3H3. The molecule has 1 aromatic heterocycles. The zero-order valence-corrected chi connectivity index (χ0v) is 16.8. The molecule has 1 radical (unpaired) electrons. The first-order valence-corrected chi connectivity index (χ1v) is 9.51. The molecule has 6 nitrogen and oxygen atoms in total. The van der Waals surface area contributed by atoms with Crippen LogP contribution in [0.5, 0.6) is 11.8 Å². The fourth-order valence-electron chi connectivity index (χ4n) is 1.40. The summed E-state index contributed by atoms with van der Waals surface area (Å²) >= 11 is 8.61. The van der Waals surface area contributed by atoms with E-state index in [9.17, 15) is 4.79 Å². The van der Waals surface area contributed by atoms with E-state index >= 15 is 0 Å². The van der Waals surface area contributed by atoms with E-state index in [0.29, 0.717) is 10.4 Å². The molecule has 2 aromatic rings. The van der Waals surface area contributed by atoms with Gasteiger partial charge in [0.25, 0.3) is 0 Å². The van der Waals surface area contributed by atoms with E-state index in [-0.39, 0.29) is 17.3 Å². The number of methoxy groups -OCH3 is 1. The predicted octanol–water partition coefficient (Wildman–Crippen LogP) is 1.27. The topological polar surface area (TPSA) is 74.2 Å². The average Bonchev–Trinajstić information content (AvgIpc) is 2.47. The Kier molecular flexibility index (Phi) is 6.00. The number of hydrogen-bond acceptors (Lipinski definition) is 6. The van der Waals surface area contributed by atoms with Gasteiger partial charge < -0.3 is 0 Å². The summed E-state index contributed by atoms with van der Waals surface area (Å²) in [5.41, 5.74) is 0. The van der Waals surface area contributed by atoms with Crippen molar-refractivity contribution in [3.8, 4) is 11.8 Å². The average molecular weight is 462 g/mol. The number of halogens is 2. The Bertz CT molecular complexity index is 707. The molecule has 0 atom stereocenters. The third kappa shape index (κ3) is 5.44. The van der Waals surface area contributed by atoms with Gasteiger partial charge in [-0.1, -0.05) is 0 Å². The molecule has 9 heteroatoms. The summed E-state index contributed by atoms with van der Waals surface area (Å²) in [5, 5.41) is 0.104. The van der Waals surface area contributed by atoms with Crippen LogP contribution in [0.2, 0.25) is 5.28 Å². The number of benzene rings is 1. The zero-order chi connectivity index (χ0) is 17.0. The number of carbonyl (C=O) groups is 1. The SMILES string of the molecule is COc1nc(Cl)nc([As]c2ccc(OC(=O)C(C)(C)Br)cc2)n1. The second-order valence-electron chi connectivity index (χ2n) is 4.86. The minimum absolute atomic E-state index is 0.104. The molecule has 0 spiro atoms. The van der Waals surface area contributed by atoms with Crippen molar-refractivity contribution in [2.24, 2.45) is 0 Å². The minimum atomic E-state index is -0.726. The number of nitrogens with zero attached hydrogens (tertiary/aromatic N) is 3. The molecule has 121 valence electrons. The number of ether oxygens (including phenoxy) is 2. The molecule has 0 aliphatic carbocycles. The van der Waals surface area contributed by atoms with Crippen molar-refractivity contribution < 1.29 is 14.3 Å². The Morgan fingerprint density at radius 3 is 2.43 bits per heavy atom. The molecule has 0 unspecified atom stereocenters. The van der Waals surface area contributed by atoms with Crippen LogP contribution < -0.4 is 18.4 Å². The van der Waals surface area contributed by atoms with E-state index < -0.39 is 20.1 Å². The van der Waals surface area contributed by atoms with Gasteiger partial charge in [0.1, 0.15) is 0 Å². The van der Waals surface area contributed by atoms with E-state index in [1.165, 1.54) is 7.11 Å². The number of carbonyl (C=O) groups excluding carboxylic acids is 1. The van der Waals surface area contributed by atoms with Crippen LogP contribution in [0, 0.1) is 0 Å². The van der Waals surface area contributed by atoms with Crippen LogP contribution in [0.3, 0.4) is 0 Å². The molecule has 0 saturated carbocycles. The number of esters is 1. The van der Waals surface area contributed by atoms with Gasteiger partial charge in [-0.25, -0.2) is 0 Å². The third-order valence-corrected chi connectivity index (χ3v) is 5.02. The number of hydrogen-bond donors (Lipinski definition) is 0. The Morgan fingerprint density at radius 1 is 1.22 bits per heavy atom. The van der Waals surface area contributed by atoms with Crippen molar-refractivity contribution >= 4 is 58.2 Å². The van der Waals surface area contributed by atoms with Gasteiger partial charge in [0.15, 0.2) is 0 Å². The van der Waals surface area contributed by atoms with Gasteiger partial charge in [0.05, 0.1) is 0 Å². The van der Waals surface area contributed by atoms with Gasteiger partial charge in [-0.2, -0.15) is 0 Å². The molecule has 0 N–H and O–H groups in total. The number of alkyl halides is 1. The normalized spacial score (nSPS) is 11.7. The predicted molar refractivity (Wildman–Crippen MR) is 91.5 cm³/mol. The molecule has 23 heavy (non-hydrogen) atoms. The van der Waals surface area contributed by atoms with Crippen molar-refractivity contribution in [1.29, 1.82) is 0 Å². The molecule has 0 amide bonds. The zero-order valence-electron chi connectivity index (χ0n) is 12.6. The molecule has 0 aliphatic heterocycles. The van der Waals surface area contributed by atoms with Crippen LogP contribution in [0.25, 0.3) is 0 Å². The summed E-state index contributed by atoms with van der Waals surface area (Å²) in [7, 11) is 1.47. The maximum atomic E-state index is 11.8. The molecule has 1 heterocycles. The first-order valence-electron chi connectivity index (χ1n) is 6.46. The molecule has 0 fully saturated rings. The maximum absolute atomic E-state index is 11.8. The van der Waals surface area contributed by atoms with E-state index in [4.69, 9.17) is 21.1 Å². The monoisotopic (exact) mass is 460 g/mol. The van der Waals surface area contributed by atoms with E-state index in [1.807, 2.05) is 12.1 Å². The van der Waals surface area contributed by atoms with Crippen LogP contribution in [-0.4, -0.2) is 48.1 Å². The summed E-state index contributed by atoms with van der Waals surface area (Å²) < 4.78 is 11.1. The van der Waals surface area contributed by atoms with E-state index in [1.54, 1.807) is 26.0 Å². The van der Waals surface area contributed by atoms with Crippen molar-refractivity contribution in [1.82, 2.24) is 15.0 Å². The summed E-state index contributed by atoms with van der Waals surface area (Å²) in [6.07, 6.45) is 0. The van der Waals surface area contributed by atoms with Gasteiger partial charge in [0.2, 0.25) is 0 Å². The first-order chi connectivity index (χ1) is 10.8. The van der Waals surface area contributed by atoms with Crippen LogP contribution in [0.15, 0.2) is 24.3 Å². The molecular formula is C14H13AsBrClN3O3. The molecular weight excluding hydrogens is 448 g/mol. The van der Waals surface area contributed by atoms with Crippen molar-refractivity contribution in [3.63, 3.8) is 0 Å². The summed E-state index contributed by atoms with van der Waals surface area (Å²) in [6, 6.07) is 7.41. The Hall–Kier alpha value is -1.17. The van der Waals surface area contributed by atoms with Crippen LogP contribution in [0.1, 0.15) is 13.8 Å². The van der Waals surface area contributed by atoms with E-state index in [2.05, 4.69) is 30.9 Å². The Morgan fingerprint density at radius 2 is 1.87 bits per heavy atom. The van der Waals surface area contributed by atoms with Crippen LogP contribution in [-0.2, 0) is 4.79 Å². The number of rotatable bonds is 5. The van der Waals surface area contributed by atoms with Crippen molar-refractivity contribution in [3.05, 3.63) is 29.5 Å². The second-order valence-corrected chi connectivity index (χ2v) is 9.57. The van der Waals surface area contributed by atoms with E-state index in [0.717, 1.165) is 4.35 Å². The summed E-state index contributed by atoms with van der Waals surface area (Å²) in [5.74, 6) is 0.131. The summed E-state index contributed by atoms with van der Waals surface area (Å²) in [6.45, 7) is 3.46. The summed E-state index contributed by atoms with van der Waals surface area (Å²) in [4.78, 5) is 23.9. The quantitative estimate of drug-likeness (QED) is 0.289. The molecule has 0 saturated heterocycles. The Balaban J connectivity index is 2.08.